The summed E-state index contributed by atoms with van der Waals surface area (Å²) in [6, 6.07) is 6.24. The van der Waals surface area contributed by atoms with Gasteiger partial charge in [-0.25, -0.2) is 9.59 Å². The van der Waals surface area contributed by atoms with E-state index in [0.29, 0.717) is 19.6 Å². The number of hydrogen-bond donors (Lipinski definition) is 0. The minimum atomic E-state index is -0.488. The van der Waals surface area contributed by atoms with Crippen molar-refractivity contribution in [2.45, 2.75) is 58.7 Å². The Bertz CT molecular complexity index is 751. The van der Waals surface area contributed by atoms with Crippen LogP contribution in [0.25, 0.3) is 0 Å². The van der Waals surface area contributed by atoms with E-state index < -0.39 is 5.60 Å². The van der Waals surface area contributed by atoms with E-state index in [2.05, 4.69) is 6.92 Å². The van der Waals surface area contributed by atoms with Gasteiger partial charge in [0.2, 0.25) is 0 Å². The van der Waals surface area contributed by atoms with Crippen molar-refractivity contribution in [1.82, 2.24) is 14.7 Å². The van der Waals surface area contributed by atoms with Crippen molar-refractivity contribution in [3.05, 3.63) is 29.3 Å². The molecule has 160 valence electrons. The van der Waals surface area contributed by atoms with Crippen LogP contribution < -0.4 is 4.74 Å². The number of ether oxygens (including phenoxy) is 2. The first kappa shape index (κ1) is 21.3. The van der Waals surface area contributed by atoms with Gasteiger partial charge in [0.25, 0.3) is 0 Å². The zero-order valence-electron chi connectivity index (χ0n) is 18.2. The highest BCUT2D eigenvalue weighted by molar-refractivity contribution is 5.77. The number of rotatable bonds is 4. The Hall–Kier alpha value is -2.44. The maximum Gasteiger partial charge on any atom is 0.410 e. The molecule has 0 spiro atoms. The summed E-state index contributed by atoms with van der Waals surface area (Å²) in [5, 5.41) is 0. The molecule has 2 heterocycles. The molecule has 2 aliphatic heterocycles. The van der Waals surface area contributed by atoms with Gasteiger partial charge in [0.15, 0.2) is 0 Å². The van der Waals surface area contributed by atoms with Gasteiger partial charge in [-0.05, 0) is 63.8 Å². The monoisotopic (exact) mass is 403 g/mol. The molecule has 3 amide bonds. The second-order valence-electron chi connectivity index (χ2n) is 8.89. The van der Waals surface area contributed by atoms with Crippen LogP contribution in [-0.2, 0) is 11.3 Å². The molecule has 0 atom stereocenters. The second-order valence-corrected chi connectivity index (χ2v) is 8.89. The molecule has 0 unspecified atom stereocenters. The number of piperidine rings is 1. The Labute approximate surface area is 173 Å². The lowest BCUT2D eigenvalue weighted by molar-refractivity contribution is 0.0170. The number of nitrogens with zero attached hydrogens (tertiary/aromatic N) is 3. The van der Waals surface area contributed by atoms with Crippen LogP contribution in [0.5, 0.6) is 5.75 Å². The average Bonchev–Trinajstić information content (AvgIpc) is 3.02. The van der Waals surface area contributed by atoms with Gasteiger partial charge in [-0.2, -0.15) is 0 Å². The van der Waals surface area contributed by atoms with Crippen molar-refractivity contribution >= 4 is 12.1 Å². The highest BCUT2D eigenvalue weighted by Crippen LogP contribution is 2.25. The van der Waals surface area contributed by atoms with E-state index in [-0.39, 0.29) is 18.2 Å². The van der Waals surface area contributed by atoms with Gasteiger partial charge < -0.3 is 24.2 Å². The summed E-state index contributed by atoms with van der Waals surface area (Å²) in [6.45, 7) is 11.0. The predicted molar refractivity (Wildman–Crippen MR) is 111 cm³/mol. The zero-order chi connectivity index (χ0) is 21.2. The molecular formula is C22H33N3O4. The SMILES string of the molecule is COc1ccc(C)c(CN2CCN(C3CCN(C(=O)OC(C)(C)C)CC3)C2=O)c1. The van der Waals surface area contributed by atoms with Crippen LogP contribution >= 0.6 is 0 Å². The fraction of sp³-hybridized carbons (Fsp3) is 0.636. The van der Waals surface area contributed by atoms with Gasteiger partial charge in [-0.3, -0.25) is 0 Å². The van der Waals surface area contributed by atoms with Crippen molar-refractivity contribution in [3.8, 4) is 5.75 Å². The van der Waals surface area contributed by atoms with E-state index in [9.17, 15) is 9.59 Å². The first-order valence-corrected chi connectivity index (χ1v) is 10.3. The average molecular weight is 404 g/mol. The molecule has 0 aromatic heterocycles. The van der Waals surface area contributed by atoms with Crippen LogP contribution in [0.1, 0.15) is 44.7 Å². The first-order valence-electron chi connectivity index (χ1n) is 10.3. The Morgan fingerprint density at radius 3 is 2.45 bits per heavy atom. The van der Waals surface area contributed by atoms with Crippen LogP contribution in [0.15, 0.2) is 18.2 Å². The van der Waals surface area contributed by atoms with Crippen LogP contribution in [0.2, 0.25) is 0 Å². The topological polar surface area (TPSA) is 62.3 Å². The van der Waals surface area contributed by atoms with Gasteiger partial charge in [-0.1, -0.05) is 6.07 Å². The van der Waals surface area contributed by atoms with E-state index in [1.54, 1.807) is 12.0 Å². The van der Waals surface area contributed by atoms with Crippen LogP contribution in [-0.4, -0.2) is 71.8 Å². The molecule has 0 aliphatic carbocycles. The van der Waals surface area contributed by atoms with E-state index >= 15 is 0 Å². The van der Waals surface area contributed by atoms with E-state index in [1.165, 1.54) is 0 Å². The summed E-state index contributed by atoms with van der Waals surface area (Å²) in [5.41, 5.74) is 1.78. The largest absolute Gasteiger partial charge is 0.497 e. The number of aryl methyl sites for hydroxylation is 1. The van der Waals surface area contributed by atoms with Crippen LogP contribution in [0.4, 0.5) is 9.59 Å². The Kier molecular flexibility index (Phi) is 6.24. The summed E-state index contributed by atoms with van der Waals surface area (Å²) >= 11 is 0. The molecular weight excluding hydrogens is 370 g/mol. The number of carbonyl (C=O) groups is 2. The Balaban J connectivity index is 1.55. The number of hydrogen-bond acceptors (Lipinski definition) is 4. The fourth-order valence-corrected chi connectivity index (χ4v) is 3.92. The quantitative estimate of drug-likeness (QED) is 0.770. The van der Waals surface area contributed by atoms with E-state index in [4.69, 9.17) is 9.47 Å². The molecule has 1 aromatic rings. The van der Waals surface area contributed by atoms with Gasteiger partial charge >= 0.3 is 12.1 Å². The van der Waals surface area contributed by atoms with Gasteiger partial charge in [-0.15, -0.1) is 0 Å². The smallest absolute Gasteiger partial charge is 0.410 e. The maximum atomic E-state index is 13.0. The van der Waals surface area contributed by atoms with Crippen LogP contribution in [0, 0.1) is 6.92 Å². The van der Waals surface area contributed by atoms with E-state index in [0.717, 1.165) is 42.8 Å². The Morgan fingerprint density at radius 1 is 1.14 bits per heavy atom. The lowest BCUT2D eigenvalue weighted by Crippen LogP contribution is -2.49. The summed E-state index contributed by atoms with van der Waals surface area (Å²) in [6.07, 6.45) is 1.31. The molecule has 1 aromatic carbocycles. The Morgan fingerprint density at radius 2 is 1.83 bits per heavy atom. The lowest BCUT2D eigenvalue weighted by Gasteiger charge is -2.37. The summed E-state index contributed by atoms with van der Waals surface area (Å²) < 4.78 is 10.8. The number of amides is 3. The van der Waals surface area contributed by atoms with Crippen molar-refractivity contribution in [3.63, 3.8) is 0 Å². The standard InChI is InChI=1S/C22H33N3O4/c1-16-6-7-19(28-5)14-17(16)15-24-12-13-25(20(24)26)18-8-10-23(11-9-18)21(27)29-22(2,3)4/h6-7,14,18H,8-13,15H2,1-5H3. The molecule has 0 radical (unpaired) electrons. The number of benzene rings is 1. The molecule has 7 heteroatoms. The maximum absolute atomic E-state index is 13.0. The summed E-state index contributed by atoms with van der Waals surface area (Å²) in [4.78, 5) is 30.9. The van der Waals surface area contributed by atoms with Gasteiger partial charge in [0, 0.05) is 38.8 Å². The van der Waals surface area contributed by atoms with Crippen molar-refractivity contribution < 1.29 is 19.1 Å². The third-order valence-corrected chi connectivity index (χ3v) is 5.60. The highest BCUT2D eigenvalue weighted by atomic mass is 16.6. The minimum absolute atomic E-state index is 0.0861. The van der Waals surface area contributed by atoms with E-state index in [1.807, 2.05) is 48.8 Å². The molecule has 2 fully saturated rings. The number of likely N-dealkylation sites (tertiary alicyclic amines) is 1. The molecule has 3 rings (SSSR count). The molecule has 29 heavy (non-hydrogen) atoms. The third-order valence-electron chi connectivity index (χ3n) is 5.60. The number of urea groups is 1. The lowest BCUT2D eigenvalue weighted by atomic mass is 10.0. The molecule has 0 saturated carbocycles. The second kappa shape index (κ2) is 8.51. The van der Waals surface area contributed by atoms with Gasteiger partial charge in [0.1, 0.15) is 11.4 Å². The van der Waals surface area contributed by atoms with Crippen molar-refractivity contribution in [2.75, 3.05) is 33.3 Å². The van der Waals surface area contributed by atoms with Gasteiger partial charge in [0.05, 0.1) is 7.11 Å². The molecule has 7 nitrogen and oxygen atoms in total. The molecule has 2 aliphatic rings. The third kappa shape index (κ3) is 5.14. The number of methoxy groups -OCH3 is 1. The number of carbonyl (C=O) groups excluding carboxylic acids is 2. The van der Waals surface area contributed by atoms with Crippen molar-refractivity contribution in [2.24, 2.45) is 0 Å². The molecule has 0 N–H and O–H groups in total. The highest BCUT2D eigenvalue weighted by Gasteiger charge is 2.36. The molecule has 0 bridgehead atoms. The van der Waals surface area contributed by atoms with Crippen LogP contribution in [0.3, 0.4) is 0 Å². The minimum Gasteiger partial charge on any atom is -0.497 e. The zero-order valence-corrected chi connectivity index (χ0v) is 18.2. The van der Waals surface area contributed by atoms with Crippen molar-refractivity contribution in [1.29, 1.82) is 0 Å². The first-order chi connectivity index (χ1) is 13.7. The predicted octanol–water partition coefficient (Wildman–Crippen LogP) is 3.64. The normalized spacial score (nSPS) is 18.4. The summed E-state index contributed by atoms with van der Waals surface area (Å²) in [5.74, 6) is 0.809. The summed E-state index contributed by atoms with van der Waals surface area (Å²) in [7, 11) is 1.65. The molecule has 2 saturated heterocycles. The fourth-order valence-electron chi connectivity index (χ4n) is 3.92.